The maximum atomic E-state index is 6.75. The predicted octanol–water partition coefficient (Wildman–Crippen LogP) is 7.29. The third kappa shape index (κ3) is 3.87. The van der Waals surface area contributed by atoms with Gasteiger partial charge in [0.1, 0.15) is 5.75 Å². The monoisotopic (exact) mass is 411 g/mol. The normalized spacial score (nSPS) is 13.4. The Labute approximate surface area is 188 Å². The summed E-state index contributed by atoms with van der Waals surface area (Å²) in [6.07, 6.45) is 0. The molecule has 0 amide bonds. The van der Waals surface area contributed by atoms with Gasteiger partial charge >= 0.3 is 7.05 Å². The Balaban J connectivity index is 1.99. The lowest BCUT2D eigenvalue weighted by molar-refractivity contribution is 0.601. The van der Waals surface area contributed by atoms with E-state index in [1.165, 1.54) is 33.4 Å². The van der Waals surface area contributed by atoms with E-state index in [0.29, 0.717) is 17.8 Å². The van der Waals surface area contributed by atoms with Crippen molar-refractivity contribution in [1.29, 1.82) is 0 Å². The van der Waals surface area contributed by atoms with Crippen LogP contribution in [0.5, 0.6) is 5.75 Å². The van der Waals surface area contributed by atoms with E-state index >= 15 is 0 Å². The van der Waals surface area contributed by atoms with Crippen molar-refractivity contribution in [1.82, 2.24) is 0 Å². The Morgan fingerprint density at radius 1 is 0.742 bits per heavy atom. The molecular weight excluding hydrogens is 377 g/mol. The first-order chi connectivity index (χ1) is 14.8. The first kappa shape index (κ1) is 21.6. The summed E-state index contributed by atoms with van der Waals surface area (Å²) in [4.78, 5) is 2.40. The summed E-state index contributed by atoms with van der Waals surface area (Å²) in [5, 5.41) is 0. The van der Waals surface area contributed by atoms with E-state index in [9.17, 15) is 0 Å². The van der Waals surface area contributed by atoms with Crippen molar-refractivity contribution in [3.8, 4) is 5.75 Å². The summed E-state index contributed by atoms with van der Waals surface area (Å²) >= 11 is 0. The molecule has 4 rings (SSSR count). The van der Waals surface area contributed by atoms with Gasteiger partial charge in [-0.2, -0.15) is 0 Å². The smallest absolute Gasteiger partial charge is 0.524 e. The summed E-state index contributed by atoms with van der Waals surface area (Å²) in [6.45, 7) is 15.9. The highest BCUT2D eigenvalue weighted by Crippen LogP contribution is 2.43. The number of benzene rings is 3. The number of nitrogens with zero attached hydrogens (tertiary/aromatic N) is 1. The van der Waals surface area contributed by atoms with Crippen LogP contribution in [0.2, 0.25) is 0 Å². The minimum Gasteiger partial charge on any atom is -0.536 e. The lowest BCUT2D eigenvalue weighted by Crippen LogP contribution is -2.50. The fourth-order valence-electron chi connectivity index (χ4n) is 4.66. The van der Waals surface area contributed by atoms with Gasteiger partial charge in [-0.15, -0.1) is 0 Å². The number of fused-ring (bicyclic) bond motifs is 1. The molecule has 0 aliphatic carbocycles. The van der Waals surface area contributed by atoms with Gasteiger partial charge in [0.05, 0.1) is 5.69 Å². The van der Waals surface area contributed by atoms with Crippen molar-refractivity contribution in [2.24, 2.45) is 0 Å². The summed E-state index contributed by atoms with van der Waals surface area (Å²) in [6, 6.07) is 21.9. The quantitative estimate of drug-likeness (QED) is 0.409. The van der Waals surface area contributed by atoms with E-state index < -0.39 is 0 Å². The molecule has 3 heteroatoms. The summed E-state index contributed by atoms with van der Waals surface area (Å²) in [5.74, 6) is 2.29. The molecule has 3 aromatic rings. The third-order valence-corrected chi connectivity index (χ3v) is 6.37. The van der Waals surface area contributed by atoms with Crippen molar-refractivity contribution in [3.05, 3.63) is 82.9 Å². The summed E-state index contributed by atoms with van der Waals surface area (Å²) in [5.41, 5.74) is 9.11. The van der Waals surface area contributed by atoms with Crippen LogP contribution in [-0.4, -0.2) is 7.05 Å². The molecule has 160 valence electrons. The number of hydrogen-bond acceptors (Lipinski definition) is 2. The van der Waals surface area contributed by atoms with Crippen LogP contribution >= 0.6 is 0 Å². The molecule has 31 heavy (non-hydrogen) atoms. The molecule has 0 spiro atoms. The molecule has 0 aromatic heterocycles. The minimum absolute atomic E-state index is 0.172. The highest BCUT2D eigenvalue weighted by atomic mass is 16.5. The molecule has 0 fully saturated rings. The first-order valence-corrected chi connectivity index (χ1v) is 11.6. The summed E-state index contributed by atoms with van der Waals surface area (Å²) < 4.78 is 6.75. The van der Waals surface area contributed by atoms with Crippen LogP contribution in [0, 0.1) is 6.92 Å². The van der Waals surface area contributed by atoms with E-state index in [2.05, 4.69) is 114 Å². The molecule has 0 N–H and O–H groups in total. The zero-order valence-corrected chi connectivity index (χ0v) is 19.9. The Kier molecular flexibility index (Phi) is 5.88. The fraction of sp³-hybridized carbons (Fsp3) is 0.357. The predicted molar refractivity (Wildman–Crippen MR) is 134 cm³/mol. The van der Waals surface area contributed by atoms with Gasteiger partial charge in [-0.25, -0.2) is 0 Å². The van der Waals surface area contributed by atoms with Gasteiger partial charge in [-0.05, 0) is 70.6 Å². The second-order valence-corrected chi connectivity index (χ2v) is 9.67. The standard InChI is InChI=1S/C28H34BNO/c1-18(2)22-16-24(19(3)4)27(25(17-22)20(5)6)29-30(23-13-9-8-10-14-23)28-21(7)12-11-15-26(28)31-29/h8-20H,1-7H3. The van der Waals surface area contributed by atoms with Crippen LogP contribution < -0.4 is 14.9 Å². The van der Waals surface area contributed by atoms with Gasteiger partial charge in [-0.1, -0.05) is 84.0 Å². The molecule has 0 saturated carbocycles. The van der Waals surface area contributed by atoms with Crippen molar-refractivity contribution in [3.63, 3.8) is 0 Å². The lowest BCUT2D eigenvalue weighted by atomic mass is 9.63. The van der Waals surface area contributed by atoms with Gasteiger partial charge in [0.15, 0.2) is 0 Å². The average Bonchev–Trinajstić information content (AvgIpc) is 3.13. The zero-order chi connectivity index (χ0) is 22.3. The largest absolute Gasteiger partial charge is 0.536 e. The maximum absolute atomic E-state index is 6.75. The molecule has 1 heterocycles. The zero-order valence-electron chi connectivity index (χ0n) is 19.9. The molecule has 2 nitrogen and oxygen atoms in total. The van der Waals surface area contributed by atoms with Crippen LogP contribution in [0.4, 0.5) is 11.4 Å². The SMILES string of the molecule is Cc1cccc2c1N(c1ccccc1)B(c1c(C(C)C)cc(C(C)C)cc1C(C)C)O2. The highest BCUT2D eigenvalue weighted by Gasteiger charge is 2.43. The van der Waals surface area contributed by atoms with Crippen molar-refractivity contribution < 1.29 is 4.65 Å². The van der Waals surface area contributed by atoms with Crippen molar-refractivity contribution in [2.75, 3.05) is 4.81 Å². The van der Waals surface area contributed by atoms with Gasteiger partial charge in [0.2, 0.25) is 0 Å². The van der Waals surface area contributed by atoms with Gasteiger partial charge < -0.3 is 9.47 Å². The molecular formula is C28H34BNO. The number of para-hydroxylation sites is 2. The molecule has 0 radical (unpaired) electrons. The van der Waals surface area contributed by atoms with Gasteiger partial charge in [0, 0.05) is 5.69 Å². The number of rotatable bonds is 5. The van der Waals surface area contributed by atoms with Gasteiger partial charge in [0.25, 0.3) is 0 Å². The molecule has 1 aliphatic rings. The second-order valence-electron chi connectivity index (χ2n) is 9.67. The highest BCUT2D eigenvalue weighted by molar-refractivity contribution is 6.75. The maximum Gasteiger partial charge on any atom is 0.524 e. The lowest BCUT2D eigenvalue weighted by Gasteiger charge is -2.29. The number of hydrogen-bond donors (Lipinski definition) is 0. The van der Waals surface area contributed by atoms with Crippen molar-refractivity contribution >= 4 is 23.9 Å². The summed E-state index contributed by atoms with van der Waals surface area (Å²) in [7, 11) is -0.172. The number of anilines is 2. The van der Waals surface area contributed by atoms with E-state index in [4.69, 9.17) is 4.65 Å². The van der Waals surface area contributed by atoms with Crippen LogP contribution in [0.1, 0.15) is 81.5 Å². The number of aryl methyl sites for hydroxylation is 1. The first-order valence-electron chi connectivity index (χ1n) is 11.6. The van der Waals surface area contributed by atoms with E-state index in [1.54, 1.807) is 0 Å². The molecule has 0 unspecified atom stereocenters. The van der Waals surface area contributed by atoms with Crippen LogP contribution in [0.15, 0.2) is 60.7 Å². The third-order valence-electron chi connectivity index (χ3n) is 6.37. The Bertz CT molecular complexity index is 1040. The minimum atomic E-state index is -0.172. The Hall–Kier alpha value is -2.68. The second kappa shape index (κ2) is 8.46. The van der Waals surface area contributed by atoms with Crippen LogP contribution in [0.25, 0.3) is 0 Å². The van der Waals surface area contributed by atoms with E-state index in [1.807, 2.05) is 0 Å². The Morgan fingerprint density at radius 3 is 1.90 bits per heavy atom. The molecule has 0 saturated heterocycles. The molecule has 3 aromatic carbocycles. The molecule has 1 aliphatic heterocycles. The topological polar surface area (TPSA) is 12.5 Å². The van der Waals surface area contributed by atoms with Crippen molar-refractivity contribution in [2.45, 2.75) is 66.2 Å². The molecule has 0 atom stereocenters. The van der Waals surface area contributed by atoms with E-state index in [0.717, 1.165) is 11.4 Å². The van der Waals surface area contributed by atoms with Crippen LogP contribution in [0.3, 0.4) is 0 Å². The van der Waals surface area contributed by atoms with Crippen LogP contribution in [-0.2, 0) is 0 Å². The molecule has 0 bridgehead atoms. The fourth-order valence-corrected chi connectivity index (χ4v) is 4.66. The Morgan fingerprint density at radius 2 is 1.35 bits per heavy atom. The average molecular weight is 411 g/mol. The van der Waals surface area contributed by atoms with E-state index in [-0.39, 0.29) is 7.05 Å². The van der Waals surface area contributed by atoms with Gasteiger partial charge in [-0.3, -0.25) is 0 Å².